The Kier molecular flexibility index (Phi) is 4.48. The molecule has 0 aromatic carbocycles. The highest BCUT2D eigenvalue weighted by Crippen LogP contribution is 2.23. The molecule has 1 fully saturated rings. The van der Waals surface area contributed by atoms with Gasteiger partial charge in [0.1, 0.15) is 0 Å². The summed E-state index contributed by atoms with van der Waals surface area (Å²) in [6.45, 7) is 0.694. The molecule has 1 aromatic rings. The fourth-order valence-corrected chi connectivity index (χ4v) is 2.81. The molecule has 0 radical (unpaired) electrons. The van der Waals surface area contributed by atoms with Crippen LogP contribution in [0, 0.1) is 0 Å². The molecule has 1 aliphatic heterocycles. The molecular formula is C11H14F3N3O2S. The van der Waals surface area contributed by atoms with Crippen LogP contribution in [0.3, 0.4) is 0 Å². The summed E-state index contributed by atoms with van der Waals surface area (Å²) < 4.78 is 41.4. The van der Waals surface area contributed by atoms with E-state index in [0.29, 0.717) is 31.3 Å². The highest BCUT2D eigenvalue weighted by Gasteiger charge is 2.32. The molecule has 0 spiro atoms. The number of hydrogen-bond acceptors (Lipinski definition) is 6. The van der Waals surface area contributed by atoms with Crippen LogP contribution < -0.4 is 4.90 Å². The molecule has 1 aromatic heterocycles. The van der Waals surface area contributed by atoms with Crippen molar-refractivity contribution in [2.24, 2.45) is 0 Å². The van der Waals surface area contributed by atoms with Crippen LogP contribution in [0.25, 0.3) is 0 Å². The Morgan fingerprint density at radius 1 is 1.40 bits per heavy atom. The van der Waals surface area contributed by atoms with Gasteiger partial charge in [0.15, 0.2) is 10.8 Å². The number of halogens is 3. The zero-order valence-corrected chi connectivity index (χ0v) is 11.6. The van der Waals surface area contributed by atoms with Crippen molar-refractivity contribution in [3.8, 4) is 0 Å². The quantitative estimate of drug-likeness (QED) is 0.794. The highest BCUT2D eigenvalue weighted by molar-refractivity contribution is 7.13. The minimum absolute atomic E-state index is 0.227. The summed E-state index contributed by atoms with van der Waals surface area (Å²) >= 11 is 1.29. The maximum absolute atomic E-state index is 12.3. The lowest BCUT2D eigenvalue weighted by Crippen LogP contribution is -2.49. The van der Waals surface area contributed by atoms with Crippen molar-refractivity contribution in [1.29, 1.82) is 0 Å². The number of piperazine rings is 1. The first-order chi connectivity index (χ1) is 9.39. The lowest BCUT2D eigenvalue weighted by molar-refractivity contribution is -0.146. The summed E-state index contributed by atoms with van der Waals surface area (Å²) in [6, 6.07) is 0. The van der Waals surface area contributed by atoms with Gasteiger partial charge in [0.05, 0.1) is 13.7 Å². The number of carbonyl (C=O) groups is 1. The molecule has 2 heterocycles. The summed E-state index contributed by atoms with van der Waals surface area (Å²) in [5.74, 6) is -0.511. The van der Waals surface area contributed by atoms with E-state index in [-0.39, 0.29) is 5.69 Å². The Hall–Kier alpha value is -1.35. The van der Waals surface area contributed by atoms with Gasteiger partial charge in [0.2, 0.25) is 0 Å². The molecule has 1 aliphatic rings. The SMILES string of the molecule is COC(=O)c1csc(N2CCN(CC(F)(F)F)CC2)n1. The van der Waals surface area contributed by atoms with Crippen molar-refractivity contribution in [2.75, 3.05) is 44.7 Å². The van der Waals surface area contributed by atoms with Gasteiger partial charge in [0, 0.05) is 31.6 Å². The van der Waals surface area contributed by atoms with Crippen molar-refractivity contribution in [3.63, 3.8) is 0 Å². The molecule has 2 rings (SSSR count). The number of anilines is 1. The Labute approximate surface area is 117 Å². The molecule has 1 saturated heterocycles. The zero-order valence-electron chi connectivity index (χ0n) is 10.8. The molecular weight excluding hydrogens is 295 g/mol. The van der Waals surface area contributed by atoms with E-state index in [1.165, 1.54) is 23.3 Å². The predicted octanol–water partition coefficient (Wildman–Crippen LogP) is 1.61. The Morgan fingerprint density at radius 2 is 2.05 bits per heavy atom. The molecule has 112 valence electrons. The third-order valence-electron chi connectivity index (χ3n) is 2.93. The lowest BCUT2D eigenvalue weighted by Gasteiger charge is -2.34. The van der Waals surface area contributed by atoms with E-state index in [1.807, 2.05) is 4.90 Å². The van der Waals surface area contributed by atoms with E-state index in [1.54, 1.807) is 5.38 Å². The monoisotopic (exact) mass is 309 g/mol. The van der Waals surface area contributed by atoms with Gasteiger partial charge in [-0.05, 0) is 0 Å². The lowest BCUT2D eigenvalue weighted by atomic mass is 10.3. The van der Waals surface area contributed by atoms with Crippen LogP contribution in [0.15, 0.2) is 5.38 Å². The first-order valence-corrected chi connectivity index (χ1v) is 6.85. The molecule has 9 heteroatoms. The van der Waals surface area contributed by atoms with Crippen LogP contribution in [0.4, 0.5) is 18.3 Å². The Balaban J connectivity index is 1.90. The number of nitrogens with zero attached hydrogens (tertiary/aromatic N) is 3. The van der Waals surface area contributed by atoms with Crippen molar-refractivity contribution in [3.05, 3.63) is 11.1 Å². The predicted molar refractivity (Wildman–Crippen MR) is 68.2 cm³/mol. The number of methoxy groups -OCH3 is 1. The second-order valence-corrected chi connectivity index (χ2v) is 5.22. The van der Waals surface area contributed by atoms with Crippen molar-refractivity contribution in [2.45, 2.75) is 6.18 Å². The summed E-state index contributed by atoms with van der Waals surface area (Å²) in [5, 5.41) is 2.22. The van der Waals surface area contributed by atoms with Crippen molar-refractivity contribution < 1.29 is 22.7 Å². The number of esters is 1. The van der Waals surface area contributed by atoms with E-state index in [9.17, 15) is 18.0 Å². The maximum Gasteiger partial charge on any atom is 0.401 e. The van der Waals surface area contributed by atoms with Crippen LogP contribution in [0.5, 0.6) is 0 Å². The van der Waals surface area contributed by atoms with Gasteiger partial charge >= 0.3 is 12.1 Å². The largest absolute Gasteiger partial charge is 0.464 e. The molecule has 20 heavy (non-hydrogen) atoms. The van der Waals surface area contributed by atoms with Gasteiger partial charge in [-0.2, -0.15) is 13.2 Å². The van der Waals surface area contributed by atoms with Crippen LogP contribution in [0.2, 0.25) is 0 Å². The van der Waals surface area contributed by atoms with Gasteiger partial charge in [-0.1, -0.05) is 0 Å². The number of thiazole rings is 1. The van der Waals surface area contributed by atoms with E-state index in [4.69, 9.17) is 0 Å². The van der Waals surface area contributed by atoms with Gasteiger partial charge in [-0.3, -0.25) is 4.90 Å². The molecule has 0 N–H and O–H groups in total. The minimum atomic E-state index is -4.17. The van der Waals surface area contributed by atoms with Gasteiger partial charge in [-0.15, -0.1) is 11.3 Å². The zero-order chi connectivity index (χ0) is 14.8. The average Bonchev–Trinajstić information content (AvgIpc) is 2.86. The normalized spacial score (nSPS) is 17.3. The van der Waals surface area contributed by atoms with Crippen LogP contribution >= 0.6 is 11.3 Å². The number of aromatic nitrogens is 1. The van der Waals surface area contributed by atoms with Crippen LogP contribution in [-0.2, 0) is 4.74 Å². The minimum Gasteiger partial charge on any atom is -0.464 e. The Morgan fingerprint density at radius 3 is 2.60 bits per heavy atom. The molecule has 0 amide bonds. The highest BCUT2D eigenvalue weighted by atomic mass is 32.1. The third kappa shape index (κ3) is 3.83. The smallest absolute Gasteiger partial charge is 0.401 e. The molecule has 5 nitrogen and oxygen atoms in total. The average molecular weight is 309 g/mol. The molecule has 0 atom stereocenters. The number of alkyl halides is 3. The van der Waals surface area contributed by atoms with Crippen molar-refractivity contribution >= 4 is 22.4 Å². The maximum atomic E-state index is 12.3. The van der Waals surface area contributed by atoms with E-state index >= 15 is 0 Å². The van der Waals surface area contributed by atoms with E-state index in [0.717, 1.165) is 0 Å². The standard InChI is InChI=1S/C11H14F3N3O2S/c1-19-9(18)8-6-20-10(15-8)17-4-2-16(3-5-17)7-11(12,13)14/h6H,2-5,7H2,1H3. The molecule has 0 bridgehead atoms. The molecule has 0 unspecified atom stereocenters. The number of hydrogen-bond donors (Lipinski definition) is 0. The molecule has 0 saturated carbocycles. The van der Waals surface area contributed by atoms with Gasteiger partial charge in [-0.25, -0.2) is 9.78 Å². The van der Waals surface area contributed by atoms with Crippen LogP contribution in [0.1, 0.15) is 10.5 Å². The molecule has 0 aliphatic carbocycles. The fraction of sp³-hybridized carbons (Fsp3) is 0.636. The fourth-order valence-electron chi connectivity index (χ4n) is 1.96. The van der Waals surface area contributed by atoms with E-state index in [2.05, 4.69) is 9.72 Å². The number of carbonyl (C=O) groups excluding carboxylic acids is 1. The second kappa shape index (κ2) is 5.96. The van der Waals surface area contributed by atoms with Crippen molar-refractivity contribution in [1.82, 2.24) is 9.88 Å². The van der Waals surface area contributed by atoms with Gasteiger partial charge in [0.25, 0.3) is 0 Å². The number of rotatable bonds is 3. The summed E-state index contributed by atoms with van der Waals surface area (Å²) in [6.07, 6.45) is -4.17. The topological polar surface area (TPSA) is 45.7 Å². The Bertz CT molecular complexity index is 470. The third-order valence-corrected chi connectivity index (χ3v) is 3.83. The second-order valence-electron chi connectivity index (χ2n) is 4.39. The summed E-state index contributed by atoms with van der Waals surface area (Å²) in [7, 11) is 1.28. The first kappa shape index (κ1) is 15.0. The van der Waals surface area contributed by atoms with Gasteiger partial charge < -0.3 is 9.64 Å². The summed E-state index contributed by atoms with van der Waals surface area (Å²) in [5.41, 5.74) is 0.227. The number of ether oxygens (including phenoxy) is 1. The van der Waals surface area contributed by atoms with E-state index < -0.39 is 18.7 Å². The van der Waals surface area contributed by atoms with Crippen LogP contribution in [-0.4, -0.2) is 61.9 Å². The first-order valence-electron chi connectivity index (χ1n) is 5.97. The summed E-state index contributed by atoms with van der Waals surface area (Å²) in [4.78, 5) is 18.7.